The fraction of sp³-hybridized carbons (Fsp3) is 0.292. The standard InChI is InChI=1S/C24H24ClN3O4/c1-28(2)22(29)14-31-15-24(9-10-32-21-8-7-17(25)11-19(21)24)23(30)27-20-13-26-12-16-5-3-4-6-18(16)20/h3-8,11-13H,9-10,14-15H2,1-2H3,(H,27,30). The molecule has 7 nitrogen and oxygen atoms in total. The van der Waals surface area contributed by atoms with E-state index in [1.54, 1.807) is 44.7 Å². The highest BCUT2D eigenvalue weighted by Crippen LogP contribution is 2.42. The van der Waals surface area contributed by atoms with Crippen LogP contribution in [0.5, 0.6) is 5.75 Å². The van der Waals surface area contributed by atoms with E-state index < -0.39 is 5.41 Å². The number of amides is 2. The van der Waals surface area contributed by atoms with Gasteiger partial charge in [0, 0.05) is 48.1 Å². The van der Waals surface area contributed by atoms with Gasteiger partial charge in [0.2, 0.25) is 11.8 Å². The number of pyridine rings is 1. The van der Waals surface area contributed by atoms with Crippen LogP contribution in [-0.4, -0.2) is 55.6 Å². The summed E-state index contributed by atoms with van der Waals surface area (Å²) < 4.78 is 11.6. The normalized spacial score (nSPS) is 17.3. The minimum absolute atomic E-state index is 0.00725. The highest BCUT2D eigenvalue weighted by atomic mass is 35.5. The van der Waals surface area contributed by atoms with Gasteiger partial charge in [-0.2, -0.15) is 0 Å². The molecule has 32 heavy (non-hydrogen) atoms. The van der Waals surface area contributed by atoms with Crippen molar-refractivity contribution in [2.75, 3.05) is 39.2 Å². The summed E-state index contributed by atoms with van der Waals surface area (Å²) in [5, 5.41) is 5.33. The van der Waals surface area contributed by atoms with Gasteiger partial charge in [0.15, 0.2) is 0 Å². The van der Waals surface area contributed by atoms with E-state index in [0.717, 1.165) is 10.8 Å². The number of anilines is 1. The Balaban J connectivity index is 1.70. The Morgan fingerprint density at radius 1 is 1.22 bits per heavy atom. The summed E-state index contributed by atoms with van der Waals surface area (Å²) in [5.41, 5.74) is 0.160. The number of hydrogen-bond acceptors (Lipinski definition) is 5. The molecule has 2 amide bonds. The number of benzene rings is 2. The van der Waals surface area contributed by atoms with Crippen LogP contribution in [0.4, 0.5) is 5.69 Å². The van der Waals surface area contributed by atoms with E-state index in [-0.39, 0.29) is 25.0 Å². The summed E-state index contributed by atoms with van der Waals surface area (Å²) >= 11 is 6.27. The zero-order valence-corrected chi connectivity index (χ0v) is 18.7. The third-order valence-corrected chi connectivity index (χ3v) is 5.90. The molecule has 1 N–H and O–H groups in total. The molecule has 4 rings (SSSR count). The first-order chi connectivity index (χ1) is 15.4. The number of nitrogens with zero attached hydrogens (tertiary/aromatic N) is 2. The van der Waals surface area contributed by atoms with Crippen LogP contribution in [0.2, 0.25) is 5.02 Å². The second kappa shape index (κ2) is 9.14. The van der Waals surface area contributed by atoms with Gasteiger partial charge in [-0.05, 0) is 18.2 Å². The number of aromatic nitrogens is 1. The predicted octanol–water partition coefficient (Wildman–Crippen LogP) is 3.65. The van der Waals surface area contributed by atoms with Crippen molar-refractivity contribution in [2.24, 2.45) is 0 Å². The molecule has 0 bridgehead atoms. The molecule has 0 saturated carbocycles. The second-order valence-corrected chi connectivity index (χ2v) is 8.40. The highest BCUT2D eigenvalue weighted by Gasteiger charge is 2.45. The SMILES string of the molecule is CN(C)C(=O)COCC1(C(=O)Nc2cncc3ccccc23)CCOc2ccc(Cl)cc21. The van der Waals surface area contributed by atoms with Crippen molar-refractivity contribution in [2.45, 2.75) is 11.8 Å². The predicted molar refractivity (Wildman–Crippen MR) is 123 cm³/mol. The van der Waals surface area contributed by atoms with Gasteiger partial charge in [-0.25, -0.2) is 0 Å². The molecule has 1 unspecified atom stereocenters. The number of nitrogens with one attached hydrogen (secondary N) is 1. The highest BCUT2D eigenvalue weighted by molar-refractivity contribution is 6.30. The molecule has 0 saturated heterocycles. The first-order valence-corrected chi connectivity index (χ1v) is 10.6. The number of fused-ring (bicyclic) bond motifs is 2. The number of carbonyl (C=O) groups excluding carboxylic acids is 2. The van der Waals surface area contributed by atoms with Crippen LogP contribution >= 0.6 is 11.6 Å². The van der Waals surface area contributed by atoms with Crippen molar-refractivity contribution in [1.82, 2.24) is 9.88 Å². The van der Waals surface area contributed by atoms with E-state index in [1.165, 1.54) is 4.90 Å². The molecular weight excluding hydrogens is 430 g/mol. The zero-order chi connectivity index (χ0) is 22.7. The van der Waals surface area contributed by atoms with Crippen LogP contribution in [-0.2, 0) is 19.7 Å². The van der Waals surface area contributed by atoms with E-state index in [4.69, 9.17) is 21.1 Å². The lowest BCUT2D eigenvalue weighted by molar-refractivity contribution is -0.136. The van der Waals surface area contributed by atoms with Gasteiger partial charge in [-0.15, -0.1) is 0 Å². The molecule has 0 radical (unpaired) electrons. The monoisotopic (exact) mass is 453 g/mol. The van der Waals surface area contributed by atoms with Gasteiger partial charge in [-0.1, -0.05) is 35.9 Å². The van der Waals surface area contributed by atoms with Crippen molar-refractivity contribution in [3.8, 4) is 5.75 Å². The van der Waals surface area contributed by atoms with Crippen LogP contribution in [0.15, 0.2) is 54.9 Å². The zero-order valence-electron chi connectivity index (χ0n) is 17.9. The van der Waals surface area contributed by atoms with Gasteiger partial charge in [0.25, 0.3) is 0 Å². The molecule has 1 aliphatic heterocycles. The fourth-order valence-electron chi connectivity index (χ4n) is 3.82. The molecule has 1 aromatic heterocycles. The smallest absolute Gasteiger partial charge is 0.248 e. The van der Waals surface area contributed by atoms with Crippen molar-refractivity contribution < 1.29 is 19.1 Å². The van der Waals surface area contributed by atoms with Crippen LogP contribution in [0.25, 0.3) is 10.8 Å². The maximum Gasteiger partial charge on any atom is 0.248 e. The van der Waals surface area contributed by atoms with E-state index in [2.05, 4.69) is 10.3 Å². The summed E-state index contributed by atoms with van der Waals surface area (Å²) in [6.45, 7) is 0.211. The van der Waals surface area contributed by atoms with Gasteiger partial charge in [0.05, 0.1) is 25.1 Å². The van der Waals surface area contributed by atoms with Gasteiger partial charge in [0.1, 0.15) is 17.8 Å². The molecule has 0 spiro atoms. The Kier molecular flexibility index (Phi) is 6.30. The lowest BCUT2D eigenvalue weighted by Crippen LogP contribution is -2.48. The first-order valence-electron chi connectivity index (χ1n) is 10.3. The number of carbonyl (C=O) groups is 2. The lowest BCUT2D eigenvalue weighted by atomic mass is 9.75. The third kappa shape index (κ3) is 4.26. The maximum atomic E-state index is 13.8. The summed E-state index contributed by atoms with van der Waals surface area (Å²) in [6, 6.07) is 12.9. The van der Waals surface area contributed by atoms with Crippen LogP contribution in [0.3, 0.4) is 0 Å². The first kappa shape index (κ1) is 22.0. The van der Waals surface area contributed by atoms with E-state index in [0.29, 0.717) is 35.1 Å². The largest absolute Gasteiger partial charge is 0.493 e. The fourth-order valence-corrected chi connectivity index (χ4v) is 4.00. The van der Waals surface area contributed by atoms with Crippen LogP contribution < -0.4 is 10.1 Å². The summed E-state index contributed by atoms with van der Waals surface area (Å²) in [4.78, 5) is 31.5. The number of ether oxygens (including phenoxy) is 2. The summed E-state index contributed by atoms with van der Waals surface area (Å²) in [6.07, 6.45) is 3.75. The number of likely N-dealkylation sites (N-methyl/N-ethyl adjacent to an activating group) is 1. The molecule has 3 aromatic rings. The van der Waals surface area contributed by atoms with Crippen LogP contribution in [0.1, 0.15) is 12.0 Å². The summed E-state index contributed by atoms with van der Waals surface area (Å²) in [7, 11) is 3.32. The Morgan fingerprint density at radius 2 is 2.03 bits per heavy atom. The lowest BCUT2D eigenvalue weighted by Gasteiger charge is -2.37. The topological polar surface area (TPSA) is 80.8 Å². The average molecular weight is 454 g/mol. The summed E-state index contributed by atoms with van der Waals surface area (Å²) in [5.74, 6) is 0.131. The maximum absolute atomic E-state index is 13.8. The molecule has 0 fully saturated rings. The van der Waals surface area contributed by atoms with Gasteiger partial charge >= 0.3 is 0 Å². The van der Waals surface area contributed by atoms with E-state index >= 15 is 0 Å². The van der Waals surface area contributed by atoms with Gasteiger partial charge < -0.3 is 19.7 Å². The number of halogens is 1. The molecule has 0 aliphatic carbocycles. The Labute approximate surface area is 191 Å². The van der Waals surface area contributed by atoms with Crippen molar-refractivity contribution in [1.29, 1.82) is 0 Å². The minimum atomic E-state index is -1.08. The van der Waals surface area contributed by atoms with Gasteiger partial charge in [-0.3, -0.25) is 14.6 Å². The number of hydrogen-bond donors (Lipinski definition) is 1. The Morgan fingerprint density at radius 3 is 2.84 bits per heavy atom. The molecule has 1 atom stereocenters. The van der Waals surface area contributed by atoms with Crippen molar-refractivity contribution in [3.63, 3.8) is 0 Å². The molecule has 1 aliphatic rings. The quantitative estimate of drug-likeness (QED) is 0.616. The Hall–Kier alpha value is -3.16. The molecule has 8 heteroatoms. The average Bonchev–Trinajstić information content (AvgIpc) is 2.79. The molecule has 166 valence electrons. The molecular formula is C24H24ClN3O4. The molecule has 2 aromatic carbocycles. The minimum Gasteiger partial charge on any atom is -0.493 e. The van der Waals surface area contributed by atoms with Crippen molar-refractivity contribution in [3.05, 3.63) is 65.4 Å². The third-order valence-electron chi connectivity index (χ3n) is 5.67. The number of rotatable bonds is 6. The Bertz CT molecular complexity index is 1160. The van der Waals surface area contributed by atoms with Crippen molar-refractivity contribution >= 4 is 39.9 Å². The van der Waals surface area contributed by atoms with E-state index in [1.807, 2.05) is 24.3 Å². The molecule has 2 heterocycles. The second-order valence-electron chi connectivity index (χ2n) is 7.96. The van der Waals surface area contributed by atoms with Crippen LogP contribution in [0, 0.1) is 0 Å². The van der Waals surface area contributed by atoms with E-state index in [9.17, 15) is 9.59 Å².